The van der Waals surface area contributed by atoms with Gasteiger partial charge in [0.1, 0.15) is 12.6 Å². The van der Waals surface area contributed by atoms with Crippen molar-refractivity contribution in [3.05, 3.63) is 47.5 Å². The molecule has 4 rings (SSSR count). The summed E-state index contributed by atoms with van der Waals surface area (Å²) in [5, 5.41) is 6.78. The molecule has 0 bridgehead atoms. The maximum atomic E-state index is 13.2. The number of carbonyl (C=O) groups excluding carboxylic acids is 2. The fourth-order valence-corrected chi connectivity index (χ4v) is 4.17. The second-order valence-electron chi connectivity index (χ2n) is 7.56. The van der Waals surface area contributed by atoms with Crippen molar-refractivity contribution in [1.82, 2.24) is 0 Å². The third kappa shape index (κ3) is 4.17. The van der Waals surface area contributed by atoms with Crippen LogP contribution in [0.15, 0.2) is 42.5 Å². The first kappa shape index (κ1) is 19.6. The molecule has 29 heavy (non-hydrogen) atoms. The number of nitrogens with one attached hydrogen (secondary N) is 2. The summed E-state index contributed by atoms with van der Waals surface area (Å²) in [4.78, 5) is 29.2. The summed E-state index contributed by atoms with van der Waals surface area (Å²) in [6.07, 6.45) is 3.57. The highest BCUT2D eigenvalue weighted by atomic mass is 35.5. The molecule has 7 heteroatoms. The topological polar surface area (TPSA) is 64.7 Å². The summed E-state index contributed by atoms with van der Waals surface area (Å²) >= 11 is 6.25. The second kappa shape index (κ2) is 8.33. The van der Waals surface area contributed by atoms with Gasteiger partial charge in [-0.25, -0.2) is 0 Å². The number of rotatable bonds is 4. The first-order chi connectivity index (χ1) is 14.0. The summed E-state index contributed by atoms with van der Waals surface area (Å²) in [5.74, 6) is -0.349. The number of piperidine rings is 1. The molecular formula is C22H25ClN4O2. The largest absolute Gasteiger partial charge is 0.372 e. The molecule has 1 saturated heterocycles. The van der Waals surface area contributed by atoms with Gasteiger partial charge in [0.25, 0.3) is 0 Å². The van der Waals surface area contributed by atoms with Crippen LogP contribution in [0.4, 0.5) is 22.7 Å². The Balaban J connectivity index is 1.57. The van der Waals surface area contributed by atoms with Gasteiger partial charge in [-0.3, -0.25) is 14.5 Å². The molecule has 2 aliphatic heterocycles. The van der Waals surface area contributed by atoms with E-state index in [1.807, 2.05) is 43.3 Å². The Hall–Kier alpha value is -2.73. The van der Waals surface area contributed by atoms with Gasteiger partial charge in [-0.2, -0.15) is 0 Å². The predicted molar refractivity (Wildman–Crippen MR) is 118 cm³/mol. The van der Waals surface area contributed by atoms with Crippen molar-refractivity contribution in [1.29, 1.82) is 0 Å². The first-order valence-corrected chi connectivity index (χ1v) is 10.4. The number of para-hydroxylation sites is 2. The fraction of sp³-hybridized carbons (Fsp3) is 0.364. The smallest absolute Gasteiger partial charge is 0.249 e. The van der Waals surface area contributed by atoms with Gasteiger partial charge in [-0.05, 0) is 56.5 Å². The van der Waals surface area contributed by atoms with E-state index in [4.69, 9.17) is 11.6 Å². The quantitative estimate of drug-likeness (QED) is 0.792. The van der Waals surface area contributed by atoms with Gasteiger partial charge in [0.2, 0.25) is 11.8 Å². The predicted octanol–water partition coefficient (Wildman–Crippen LogP) is 4.12. The van der Waals surface area contributed by atoms with Crippen LogP contribution >= 0.6 is 11.6 Å². The van der Waals surface area contributed by atoms with Crippen LogP contribution in [-0.4, -0.2) is 37.5 Å². The van der Waals surface area contributed by atoms with Gasteiger partial charge in [0, 0.05) is 18.1 Å². The van der Waals surface area contributed by atoms with E-state index in [0.717, 1.165) is 37.3 Å². The molecule has 0 saturated carbocycles. The Kier molecular flexibility index (Phi) is 5.62. The van der Waals surface area contributed by atoms with Crippen LogP contribution in [0.3, 0.4) is 0 Å². The van der Waals surface area contributed by atoms with Gasteiger partial charge in [0.05, 0.1) is 22.7 Å². The number of benzene rings is 2. The number of hydrogen-bond acceptors (Lipinski definition) is 4. The fourth-order valence-electron chi connectivity index (χ4n) is 3.99. The summed E-state index contributed by atoms with van der Waals surface area (Å²) in [7, 11) is 0. The Morgan fingerprint density at radius 3 is 2.66 bits per heavy atom. The average Bonchev–Trinajstić information content (AvgIpc) is 2.73. The molecule has 1 atom stereocenters. The molecule has 2 aliphatic rings. The zero-order valence-corrected chi connectivity index (χ0v) is 17.2. The number of hydrogen-bond donors (Lipinski definition) is 2. The van der Waals surface area contributed by atoms with Crippen molar-refractivity contribution in [3.8, 4) is 0 Å². The Morgan fingerprint density at radius 1 is 1.10 bits per heavy atom. The van der Waals surface area contributed by atoms with Gasteiger partial charge < -0.3 is 15.5 Å². The van der Waals surface area contributed by atoms with Gasteiger partial charge >= 0.3 is 0 Å². The minimum absolute atomic E-state index is 0.0103. The molecule has 2 aromatic carbocycles. The minimum atomic E-state index is -0.518. The highest BCUT2D eigenvalue weighted by Gasteiger charge is 2.30. The molecule has 2 amide bonds. The standard InChI is InChI=1S/C22H25ClN4O2/c1-15(22(29)27-14-21(28)25-17-7-3-4-8-20(17)27)24-18-13-16(23)9-10-19(18)26-11-5-2-6-12-26/h3-4,7-10,13,15,24H,2,5-6,11-12,14H2,1H3,(H,25,28)/t15-/m0/s1. The van der Waals surface area contributed by atoms with Crippen LogP contribution in [0.25, 0.3) is 0 Å². The Morgan fingerprint density at radius 2 is 1.86 bits per heavy atom. The third-order valence-electron chi connectivity index (χ3n) is 5.43. The van der Waals surface area contributed by atoms with Crippen LogP contribution in [0.2, 0.25) is 5.02 Å². The van der Waals surface area contributed by atoms with E-state index in [-0.39, 0.29) is 18.4 Å². The van der Waals surface area contributed by atoms with Gasteiger partial charge in [-0.1, -0.05) is 23.7 Å². The summed E-state index contributed by atoms with van der Waals surface area (Å²) in [5.41, 5.74) is 3.27. The zero-order valence-electron chi connectivity index (χ0n) is 16.5. The zero-order chi connectivity index (χ0) is 20.4. The number of nitrogens with zero attached hydrogens (tertiary/aromatic N) is 2. The van der Waals surface area contributed by atoms with Crippen LogP contribution < -0.4 is 20.4 Å². The van der Waals surface area contributed by atoms with Crippen molar-refractivity contribution >= 4 is 46.2 Å². The van der Waals surface area contributed by atoms with Crippen molar-refractivity contribution in [3.63, 3.8) is 0 Å². The summed E-state index contributed by atoms with van der Waals surface area (Å²) in [6, 6.07) is 12.6. The van der Waals surface area contributed by atoms with Crippen molar-refractivity contribution in [2.24, 2.45) is 0 Å². The number of halogens is 1. The molecule has 0 aliphatic carbocycles. The number of amides is 2. The number of anilines is 4. The van der Waals surface area contributed by atoms with Crippen molar-refractivity contribution in [2.75, 3.05) is 40.1 Å². The van der Waals surface area contributed by atoms with E-state index in [1.165, 1.54) is 11.3 Å². The van der Waals surface area contributed by atoms with Crippen molar-refractivity contribution < 1.29 is 9.59 Å². The lowest BCUT2D eigenvalue weighted by atomic mass is 10.1. The molecule has 0 spiro atoms. The van der Waals surface area contributed by atoms with Crippen LogP contribution in [0.1, 0.15) is 26.2 Å². The lowest BCUT2D eigenvalue weighted by Gasteiger charge is -2.33. The monoisotopic (exact) mass is 412 g/mol. The molecule has 0 aromatic heterocycles. The van der Waals surface area contributed by atoms with Gasteiger partial charge in [0.15, 0.2) is 0 Å². The number of fused-ring (bicyclic) bond motifs is 1. The van der Waals surface area contributed by atoms with E-state index in [2.05, 4.69) is 15.5 Å². The van der Waals surface area contributed by atoms with Gasteiger partial charge in [-0.15, -0.1) is 0 Å². The molecule has 2 N–H and O–H groups in total. The SMILES string of the molecule is C[C@H](Nc1cc(Cl)ccc1N1CCCCC1)C(=O)N1CC(=O)Nc2ccccc21. The van der Waals surface area contributed by atoms with Crippen LogP contribution in [0.5, 0.6) is 0 Å². The molecule has 2 aromatic rings. The number of carbonyl (C=O) groups is 2. The maximum Gasteiger partial charge on any atom is 0.249 e. The molecule has 1 fully saturated rings. The first-order valence-electron chi connectivity index (χ1n) is 10.0. The normalized spacial score (nSPS) is 17.4. The highest BCUT2D eigenvalue weighted by molar-refractivity contribution is 6.31. The van der Waals surface area contributed by atoms with E-state index < -0.39 is 6.04 Å². The minimum Gasteiger partial charge on any atom is -0.372 e. The maximum absolute atomic E-state index is 13.2. The average molecular weight is 413 g/mol. The van der Waals surface area contributed by atoms with E-state index in [1.54, 1.807) is 6.07 Å². The van der Waals surface area contributed by atoms with E-state index >= 15 is 0 Å². The van der Waals surface area contributed by atoms with Crippen LogP contribution in [0, 0.1) is 0 Å². The molecule has 0 unspecified atom stereocenters. The summed E-state index contributed by atoms with van der Waals surface area (Å²) in [6.45, 7) is 3.82. The molecular weight excluding hydrogens is 388 g/mol. The van der Waals surface area contributed by atoms with Crippen molar-refractivity contribution in [2.45, 2.75) is 32.2 Å². The molecule has 0 radical (unpaired) electrons. The Bertz CT molecular complexity index is 927. The molecule has 6 nitrogen and oxygen atoms in total. The molecule has 152 valence electrons. The second-order valence-corrected chi connectivity index (χ2v) is 8.00. The van der Waals surface area contributed by atoms with E-state index in [0.29, 0.717) is 16.4 Å². The summed E-state index contributed by atoms with van der Waals surface area (Å²) < 4.78 is 0. The molecule has 2 heterocycles. The van der Waals surface area contributed by atoms with E-state index in [9.17, 15) is 9.59 Å². The third-order valence-corrected chi connectivity index (χ3v) is 5.67. The highest BCUT2D eigenvalue weighted by Crippen LogP contribution is 2.33. The lowest BCUT2D eigenvalue weighted by molar-refractivity contribution is -0.122. The lowest BCUT2D eigenvalue weighted by Crippen LogP contribution is -2.48. The Labute approximate surface area is 175 Å². The van der Waals surface area contributed by atoms with Crippen LogP contribution in [-0.2, 0) is 9.59 Å².